The van der Waals surface area contributed by atoms with E-state index >= 15 is 0 Å². The molecule has 2 heterocycles. The van der Waals surface area contributed by atoms with Gasteiger partial charge in [-0.1, -0.05) is 35.5 Å². The van der Waals surface area contributed by atoms with Crippen LogP contribution in [-0.4, -0.2) is 72.4 Å². The Morgan fingerprint density at radius 2 is 1.77 bits per heavy atom. The third-order valence-corrected chi connectivity index (χ3v) is 7.60. The molecule has 3 rings (SSSR count). The summed E-state index contributed by atoms with van der Waals surface area (Å²) in [7, 11) is -3.68. The van der Waals surface area contributed by atoms with Gasteiger partial charge >= 0.3 is 0 Å². The number of aromatic nitrogens is 1. The van der Waals surface area contributed by atoms with E-state index in [4.69, 9.17) is 4.52 Å². The molecule has 0 saturated carbocycles. The fourth-order valence-electron chi connectivity index (χ4n) is 3.66. The van der Waals surface area contributed by atoms with Crippen LogP contribution in [0.25, 0.3) is 0 Å². The van der Waals surface area contributed by atoms with Gasteiger partial charge in [0, 0.05) is 38.8 Å². The predicted octanol–water partition coefficient (Wildman–Crippen LogP) is 2.03. The predicted molar refractivity (Wildman–Crippen MR) is 113 cm³/mol. The first-order chi connectivity index (χ1) is 14.2. The van der Waals surface area contributed by atoms with Crippen LogP contribution in [0.3, 0.4) is 0 Å². The Hall–Kier alpha value is -2.23. The van der Waals surface area contributed by atoms with E-state index in [-0.39, 0.29) is 29.9 Å². The number of hydrogen-bond donors (Lipinski definition) is 0. The van der Waals surface area contributed by atoms with Gasteiger partial charge in [0.15, 0.2) is 5.76 Å². The van der Waals surface area contributed by atoms with E-state index in [0.29, 0.717) is 37.6 Å². The summed E-state index contributed by atoms with van der Waals surface area (Å²) in [5.41, 5.74) is 1.52. The van der Waals surface area contributed by atoms with E-state index in [9.17, 15) is 13.2 Å². The number of carbonyl (C=O) groups is 1. The molecule has 2 aromatic rings. The largest absolute Gasteiger partial charge is 0.360 e. The number of hydrogen-bond acceptors (Lipinski definition) is 6. The number of benzene rings is 1. The van der Waals surface area contributed by atoms with Gasteiger partial charge in [-0.2, -0.15) is 4.31 Å². The van der Waals surface area contributed by atoms with Crippen molar-refractivity contribution in [3.05, 3.63) is 47.3 Å². The van der Waals surface area contributed by atoms with Gasteiger partial charge in [-0.25, -0.2) is 8.42 Å². The van der Waals surface area contributed by atoms with Crippen molar-refractivity contribution in [3.63, 3.8) is 0 Å². The second-order valence-corrected chi connectivity index (χ2v) is 9.80. The van der Waals surface area contributed by atoms with Gasteiger partial charge in [-0.15, -0.1) is 0 Å². The summed E-state index contributed by atoms with van der Waals surface area (Å²) in [4.78, 5) is 16.9. The summed E-state index contributed by atoms with van der Waals surface area (Å²) < 4.78 is 32.3. The minimum Gasteiger partial charge on any atom is -0.360 e. The summed E-state index contributed by atoms with van der Waals surface area (Å²) in [6, 6.07) is 10.3. The van der Waals surface area contributed by atoms with E-state index in [2.05, 4.69) is 36.0 Å². The molecule has 1 amide bonds. The standard InChI is InChI=1S/C21H30N4O4S/c1-16(2)24(14-19-8-6-5-7-9-19)15-20(26)23-10-12-25(13-11-23)30(27,28)21-17(3)22-29-18(21)4/h5-9,16H,10-15H2,1-4H3. The molecule has 164 valence electrons. The average Bonchev–Trinajstić information content (AvgIpc) is 3.07. The van der Waals surface area contributed by atoms with Crippen LogP contribution in [0.4, 0.5) is 0 Å². The molecule has 1 aliphatic heterocycles. The lowest BCUT2D eigenvalue weighted by Gasteiger charge is -2.35. The first-order valence-electron chi connectivity index (χ1n) is 10.2. The number of sulfonamides is 1. The molecule has 1 aromatic heterocycles. The first kappa shape index (κ1) is 22.5. The molecule has 1 saturated heterocycles. The topological polar surface area (TPSA) is 87.0 Å². The number of amides is 1. The molecule has 0 bridgehead atoms. The Kier molecular flexibility index (Phi) is 6.95. The van der Waals surface area contributed by atoms with E-state index in [1.807, 2.05) is 18.2 Å². The van der Waals surface area contributed by atoms with Crippen molar-refractivity contribution < 1.29 is 17.7 Å². The van der Waals surface area contributed by atoms with E-state index < -0.39 is 10.0 Å². The first-order valence-corrected chi connectivity index (χ1v) is 11.6. The van der Waals surface area contributed by atoms with Gasteiger partial charge in [0.05, 0.1) is 6.54 Å². The van der Waals surface area contributed by atoms with Crippen LogP contribution in [0.2, 0.25) is 0 Å². The lowest BCUT2D eigenvalue weighted by atomic mass is 10.2. The van der Waals surface area contributed by atoms with Gasteiger partial charge in [0.2, 0.25) is 15.9 Å². The van der Waals surface area contributed by atoms with Gasteiger partial charge in [0.1, 0.15) is 10.6 Å². The molecular formula is C21H30N4O4S. The summed E-state index contributed by atoms with van der Waals surface area (Å²) in [5.74, 6) is 0.313. The smallest absolute Gasteiger partial charge is 0.248 e. The minimum absolute atomic E-state index is 0.0222. The van der Waals surface area contributed by atoms with Crippen molar-refractivity contribution in [2.75, 3.05) is 32.7 Å². The van der Waals surface area contributed by atoms with E-state index in [1.54, 1.807) is 18.7 Å². The second-order valence-electron chi connectivity index (χ2n) is 7.92. The summed E-state index contributed by atoms with van der Waals surface area (Å²) in [5, 5.41) is 3.75. The molecular weight excluding hydrogens is 404 g/mol. The maximum Gasteiger partial charge on any atom is 0.248 e. The van der Waals surface area contributed by atoms with Crippen molar-refractivity contribution in [1.82, 2.24) is 19.3 Å². The van der Waals surface area contributed by atoms with Crippen molar-refractivity contribution in [2.45, 2.75) is 45.2 Å². The molecule has 1 aliphatic rings. The van der Waals surface area contributed by atoms with Crippen LogP contribution < -0.4 is 0 Å². The zero-order valence-electron chi connectivity index (χ0n) is 18.0. The number of nitrogens with zero attached hydrogens (tertiary/aromatic N) is 4. The molecule has 9 heteroatoms. The molecule has 1 fully saturated rings. The summed E-state index contributed by atoms with van der Waals surface area (Å²) in [6.45, 7) is 9.65. The number of carbonyl (C=O) groups excluding carboxylic acids is 1. The Morgan fingerprint density at radius 3 is 2.30 bits per heavy atom. The highest BCUT2D eigenvalue weighted by atomic mass is 32.2. The molecule has 0 aliphatic carbocycles. The lowest BCUT2D eigenvalue weighted by molar-refractivity contribution is -0.134. The van der Waals surface area contributed by atoms with Crippen LogP contribution >= 0.6 is 0 Å². The van der Waals surface area contributed by atoms with Crippen molar-refractivity contribution in [1.29, 1.82) is 0 Å². The highest BCUT2D eigenvalue weighted by Gasteiger charge is 2.34. The molecule has 1 aromatic carbocycles. The second kappa shape index (κ2) is 9.28. The fraction of sp³-hybridized carbons (Fsp3) is 0.524. The van der Waals surface area contributed by atoms with Crippen LogP contribution in [0.5, 0.6) is 0 Å². The van der Waals surface area contributed by atoms with Gasteiger partial charge < -0.3 is 9.42 Å². The maximum atomic E-state index is 13.0. The Labute approximate surface area is 178 Å². The molecule has 30 heavy (non-hydrogen) atoms. The average molecular weight is 435 g/mol. The number of piperazine rings is 1. The normalized spacial score (nSPS) is 15.9. The third kappa shape index (κ3) is 4.91. The van der Waals surface area contributed by atoms with Gasteiger partial charge in [0.25, 0.3) is 0 Å². The molecule has 8 nitrogen and oxygen atoms in total. The Morgan fingerprint density at radius 1 is 1.13 bits per heavy atom. The SMILES string of the molecule is Cc1noc(C)c1S(=O)(=O)N1CCN(C(=O)CN(Cc2ccccc2)C(C)C)CC1. The van der Waals surface area contributed by atoms with Crippen LogP contribution in [0, 0.1) is 13.8 Å². The number of rotatable bonds is 7. The van der Waals surface area contributed by atoms with Crippen LogP contribution in [-0.2, 0) is 21.4 Å². The van der Waals surface area contributed by atoms with Crippen LogP contribution in [0.1, 0.15) is 30.9 Å². The minimum atomic E-state index is -3.68. The summed E-state index contributed by atoms with van der Waals surface area (Å²) in [6.07, 6.45) is 0. The zero-order chi connectivity index (χ0) is 21.9. The Bertz CT molecular complexity index is 945. The van der Waals surface area contributed by atoms with Gasteiger partial charge in [-0.3, -0.25) is 9.69 Å². The zero-order valence-corrected chi connectivity index (χ0v) is 18.9. The quantitative estimate of drug-likeness (QED) is 0.663. The highest BCUT2D eigenvalue weighted by Crippen LogP contribution is 2.24. The molecule has 0 atom stereocenters. The lowest BCUT2D eigenvalue weighted by Crippen LogP contribution is -2.53. The van der Waals surface area contributed by atoms with Gasteiger partial charge in [-0.05, 0) is 33.3 Å². The van der Waals surface area contributed by atoms with Crippen molar-refractivity contribution in [3.8, 4) is 0 Å². The highest BCUT2D eigenvalue weighted by molar-refractivity contribution is 7.89. The Balaban J connectivity index is 1.60. The van der Waals surface area contributed by atoms with Crippen molar-refractivity contribution in [2.24, 2.45) is 0 Å². The summed E-state index contributed by atoms with van der Waals surface area (Å²) >= 11 is 0. The maximum absolute atomic E-state index is 13.0. The van der Waals surface area contributed by atoms with Crippen LogP contribution in [0.15, 0.2) is 39.8 Å². The van der Waals surface area contributed by atoms with E-state index in [1.165, 1.54) is 4.31 Å². The van der Waals surface area contributed by atoms with Crippen molar-refractivity contribution >= 4 is 15.9 Å². The number of aryl methyl sites for hydroxylation is 2. The molecule has 0 radical (unpaired) electrons. The monoisotopic (exact) mass is 434 g/mol. The fourth-order valence-corrected chi connectivity index (χ4v) is 5.38. The third-order valence-electron chi connectivity index (χ3n) is 5.45. The molecule has 0 N–H and O–H groups in total. The molecule has 0 spiro atoms. The molecule has 0 unspecified atom stereocenters. The van der Waals surface area contributed by atoms with E-state index in [0.717, 1.165) is 5.56 Å².